The molecule has 4 atom stereocenters. The van der Waals surface area contributed by atoms with Gasteiger partial charge in [-0.25, -0.2) is 0 Å². The van der Waals surface area contributed by atoms with Crippen LogP contribution in [0.1, 0.15) is 52.4 Å². The van der Waals surface area contributed by atoms with Crippen molar-refractivity contribution < 1.29 is 15.0 Å². The minimum Gasteiger partial charge on any atom is -0.388 e. The number of β-amino-alcohol motifs (C(OH)–C–C–N with tert-alkyl or cyclic N) is 2. The van der Waals surface area contributed by atoms with Crippen molar-refractivity contribution >= 4 is 5.91 Å². The maximum absolute atomic E-state index is 13.2. The van der Waals surface area contributed by atoms with Crippen molar-refractivity contribution in [1.29, 1.82) is 0 Å². The van der Waals surface area contributed by atoms with Gasteiger partial charge in [0.2, 0.25) is 5.91 Å². The van der Waals surface area contributed by atoms with Crippen LogP contribution in [-0.4, -0.2) is 46.3 Å². The van der Waals surface area contributed by atoms with Gasteiger partial charge in [-0.1, -0.05) is 13.8 Å². The summed E-state index contributed by atoms with van der Waals surface area (Å²) in [6.07, 6.45) is 5.33. The Morgan fingerprint density at radius 1 is 0.952 bits per heavy atom. The fourth-order valence-corrected chi connectivity index (χ4v) is 6.96. The van der Waals surface area contributed by atoms with Gasteiger partial charge in [-0.15, -0.1) is 0 Å². The molecule has 0 radical (unpaired) electrons. The summed E-state index contributed by atoms with van der Waals surface area (Å²) in [7, 11) is 0. The molecule has 0 aromatic rings. The van der Waals surface area contributed by atoms with Gasteiger partial charge in [-0.3, -0.25) is 4.79 Å². The number of nitrogens with zero attached hydrogens (tertiary/aromatic N) is 1. The Morgan fingerprint density at radius 3 is 1.95 bits per heavy atom. The van der Waals surface area contributed by atoms with Crippen LogP contribution in [-0.2, 0) is 4.79 Å². The van der Waals surface area contributed by atoms with Gasteiger partial charge >= 0.3 is 0 Å². The zero-order valence-electron chi connectivity index (χ0n) is 13.1. The first kappa shape index (κ1) is 14.0. The molecule has 2 unspecified atom stereocenters. The summed E-state index contributed by atoms with van der Waals surface area (Å²) < 4.78 is 0. The van der Waals surface area contributed by atoms with Crippen LogP contribution in [0.4, 0.5) is 0 Å². The molecular weight excluding hydrogens is 266 g/mol. The second-order valence-electron chi connectivity index (χ2n) is 9.26. The topological polar surface area (TPSA) is 60.8 Å². The lowest BCUT2D eigenvalue weighted by Gasteiger charge is -2.65. The molecule has 2 N–H and O–H groups in total. The molecule has 118 valence electrons. The number of rotatable bonds is 1. The van der Waals surface area contributed by atoms with Crippen molar-refractivity contribution in [3.8, 4) is 0 Å². The summed E-state index contributed by atoms with van der Waals surface area (Å²) in [4.78, 5) is 14.9. The second-order valence-corrected chi connectivity index (χ2v) is 9.26. The van der Waals surface area contributed by atoms with Crippen LogP contribution in [0.2, 0.25) is 0 Å². The molecule has 0 aromatic carbocycles. The Labute approximate surface area is 126 Å². The Balaban J connectivity index is 1.64. The molecule has 4 nitrogen and oxygen atoms in total. The summed E-state index contributed by atoms with van der Waals surface area (Å²) in [6, 6.07) is 0. The van der Waals surface area contributed by atoms with E-state index in [1.165, 1.54) is 19.3 Å². The van der Waals surface area contributed by atoms with Gasteiger partial charge in [-0.2, -0.15) is 0 Å². The van der Waals surface area contributed by atoms with Crippen molar-refractivity contribution in [3.63, 3.8) is 0 Å². The van der Waals surface area contributed by atoms with Crippen molar-refractivity contribution in [2.75, 3.05) is 13.1 Å². The van der Waals surface area contributed by atoms with Gasteiger partial charge in [0.25, 0.3) is 0 Å². The van der Waals surface area contributed by atoms with Crippen LogP contribution < -0.4 is 0 Å². The predicted octanol–water partition coefficient (Wildman–Crippen LogP) is 1.55. The van der Waals surface area contributed by atoms with Gasteiger partial charge in [0.1, 0.15) is 0 Å². The molecule has 4 aliphatic carbocycles. The normalized spacial score (nSPS) is 55.2. The van der Waals surface area contributed by atoms with Gasteiger partial charge in [0.05, 0.1) is 17.6 Å². The van der Waals surface area contributed by atoms with E-state index in [2.05, 4.69) is 13.8 Å². The van der Waals surface area contributed by atoms with E-state index in [4.69, 9.17) is 0 Å². The molecule has 1 heterocycles. The second kappa shape index (κ2) is 4.02. The molecule has 0 spiro atoms. The smallest absolute Gasteiger partial charge is 0.229 e. The minimum atomic E-state index is -0.769. The lowest BCUT2D eigenvalue weighted by molar-refractivity contribution is -0.179. The van der Waals surface area contributed by atoms with Crippen LogP contribution in [0.3, 0.4) is 0 Å². The van der Waals surface area contributed by atoms with Gasteiger partial charge < -0.3 is 15.1 Å². The maximum atomic E-state index is 13.2. The van der Waals surface area contributed by atoms with Crippen molar-refractivity contribution in [2.45, 2.75) is 64.6 Å². The molecule has 1 saturated heterocycles. The average Bonchev–Trinajstić information content (AvgIpc) is 2.64. The monoisotopic (exact) mass is 293 g/mol. The molecule has 1 amide bonds. The Morgan fingerprint density at radius 2 is 1.48 bits per heavy atom. The Hall–Kier alpha value is -0.610. The quantitative estimate of drug-likeness (QED) is 0.771. The minimum absolute atomic E-state index is 0.208. The Kier molecular flexibility index (Phi) is 2.68. The van der Waals surface area contributed by atoms with Crippen molar-refractivity contribution in [3.05, 3.63) is 0 Å². The zero-order chi connectivity index (χ0) is 15.0. The molecule has 21 heavy (non-hydrogen) atoms. The van der Waals surface area contributed by atoms with Crippen LogP contribution in [0, 0.1) is 22.2 Å². The molecule has 4 heteroatoms. The first-order chi connectivity index (χ1) is 9.73. The van der Waals surface area contributed by atoms with Gasteiger partial charge in [-0.05, 0) is 55.3 Å². The molecule has 0 aromatic heterocycles. The van der Waals surface area contributed by atoms with Crippen LogP contribution in [0.5, 0.6) is 0 Å². The number of likely N-dealkylation sites (tertiary alicyclic amines) is 1. The summed E-state index contributed by atoms with van der Waals surface area (Å²) >= 11 is 0. The van der Waals surface area contributed by atoms with Crippen LogP contribution >= 0.6 is 0 Å². The number of aliphatic hydroxyl groups is 2. The van der Waals surface area contributed by atoms with E-state index in [0.29, 0.717) is 29.8 Å². The molecule has 5 aliphatic rings. The number of carbonyl (C=O) groups is 1. The molecule has 5 rings (SSSR count). The van der Waals surface area contributed by atoms with E-state index in [-0.39, 0.29) is 11.3 Å². The highest BCUT2D eigenvalue weighted by Crippen LogP contribution is 2.69. The van der Waals surface area contributed by atoms with E-state index in [1.807, 2.05) is 0 Å². The molecular formula is C17H27NO3. The fourth-order valence-electron chi connectivity index (χ4n) is 6.96. The highest BCUT2D eigenvalue weighted by molar-refractivity contribution is 5.84. The zero-order valence-corrected chi connectivity index (χ0v) is 13.1. The summed E-state index contributed by atoms with van der Waals surface area (Å²) in [6.45, 7) is 5.34. The lowest BCUT2D eigenvalue weighted by Crippen LogP contribution is -2.60. The molecule has 4 bridgehead atoms. The van der Waals surface area contributed by atoms with Crippen molar-refractivity contribution in [2.24, 2.45) is 22.2 Å². The number of hydrogen-bond donors (Lipinski definition) is 2. The van der Waals surface area contributed by atoms with E-state index in [0.717, 1.165) is 19.3 Å². The van der Waals surface area contributed by atoms with E-state index >= 15 is 0 Å². The van der Waals surface area contributed by atoms with Gasteiger partial charge in [0, 0.05) is 13.1 Å². The number of aliphatic hydroxyl groups excluding tert-OH is 2. The third-order valence-electron chi connectivity index (χ3n) is 6.63. The standard InChI is InChI=1S/C17H27NO3/c1-15-3-11-4-16(2,8-15)10-17(5-11,9-15)14(21)18-6-12(19)13(20)7-18/h11-13,19-20H,3-10H2,1-2H3/t11?,12-,13+,15?,16?,17?. The molecule has 5 fully saturated rings. The highest BCUT2D eigenvalue weighted by atomic mass is 16.3. The Bertz CT molecular complexity index is 462. The van der Waals surface area contributed by atoms with E-state index in [1.54, 1.807) is 4.90 Å². The average molecular weight is 293 g/mol. The highest BCUT2D eigenvalue weighted by Gasteiger charge is 2.63. The van der Waals surface area contributed by atoms with Gasteiger partial charge in [0.15, 0.2) is 0 Å². The largest absolute Gasteiger partial charge is 0.388 e. The summed E-state index contributed by atoms with van der Waals surface area (Å²) in [5.74, 6) is 0.900. The third-order valence-corrected chi connectivity index (χ3v) is 6.63. The predicted molar refractivity (Wildman–Crippen MR) is 78.4 cm³/mol. The third kappa shape index (κ3) is 1.98. The van der Waals surface area contributed by atoms with Crippen molar-refractivity contribution in [1.82, 2.24) is 4.90 Å². The SMILES string of the molecule is CC12CC3CC(C)(C1)CC(C(=O)N1C[C@@H](O)[C@@H](O)C1)(C3)C2. The number of carbonyl (C=O) groups excluding carboxylic acids is 1. The first-order valence-corrected chi connectivity index (χ1v) is 8.38. The van der Waals surface area contributed by atoms with Crippen LogP contribution in [0.25, 0.3) is 0 Å². The molecule has 4 saturated carbocycles. The summed E-state index contributed by atoms with van der Waals surface area (Å²) in [5.41, 5.74) is 0.425. The lowest BCUT2D eigenvalue weighted by atomic mass is 9.40. The maximum Gasteiger partial charge on any atom is 0.229 e. The molecule has 1 aliphatic heterocycles. The van der Waals surface area contributed by atoms with Crippen LogP contribution in [0.15, 0.2) is 0 Å². The summed E-state index contributed by atoms with van der Waals surface area (Å²) in [5, 5.41) is 19.5. The fraction of sp³-hybridized carbons (Fsp3) is 0.941. The van der Waals surface area contributed by atoms with E-state index < -0.39 is 12.2 Å². The first-order valence-electron chi connectivity index (χ1n) is 8.38. The van der Waals surface area contributed by atoms with E-state index in [9.17, 15) is 15.0 Å². The number of amides is 1. The number of hydrogen-bond acceptors (Lipinski definition) is 3.